The third kappa shape index (κ3) is 5.59. The first-order valence-corrected chi connectivity index (χ1v) is 5.42. The van der Waals surface area contributed by atoms with Gasteiger partial charge in [-0.1, -0.05) is 5.21 Å². The van der Waals surface area contributed by atoms with Gasteiger partial charge in [0.25, 0.3) is 5.91 Å². The van der Waals surface area contributed by atoms with Gasteiger partial charge >= 0.3 is 0 Å². The molecule has 0 aliphatic rings. The van der Waals surface area contributed by atoms with E-state index in [1.807, 2.05) is 0 Å². The highest BCUT2D eigenvalue weighted by molar-refractivity contribution is 5.80. The number of rotatable bonds is 5. The van der Waals surface area contributed by atoms with E-state index in [4.69, 9.17) is 5.73 Å². The lowest BCUT2D eigenvalue weighted by atomic mass is 10.4. The number of nitrogens with one attached hydrogen (secondary N) is 3. The molecule has 0 unspecified atom stereocenters. The Morgan fingerprint density at radius 3 is 2.68 bits per heavy atom. The zero-order valence-electron chi connectivity index (χ0n) is 10.3. The number of hydrazine groups is 1. The maximum atomic E-state index is 11.3. The first-order chi connectivity index (χ1) is 9.01. The molecule has 0 aliphatic heterocycles. The fourth-order valence-electron chi connectivity index (χ4n) is 1.10. The van der Waals surface area contributed by atoms with Crippen LogP contribution in [0.25, 0.3) is 0 Å². The van der Waals surface area contributed by atoms with E-state index in [2.05, 4.69) is 26.5 Å². The molecule has 3 amide bonds. The van der Waals surface area contributed by atoms with Crippen LogP contribution in [0.5, 0.6) is 0 Å². The minimum Gasteiger partial charge on any atom is -0.349 e. The van der Waals surface area contributed by atoms with Gasteiger partial charge < -0.3 is 11.1 Å². The molecule has 10 nitrogen and oxygen atoms in total. The van der Waals surface area contributed by atoms with Crippen LogP contribution in [0.2, 0.25) is 0 Å². The number of nitrogens with two attached hydrogens (primary N) is 1. The molecule has 1 heterocycles. The summed E-state index contributed by atoms with van der Waals surface area (Å²) in [4.78, 5) is 32.8. The molecule has 0 spiro atoms. The summed E-state index contributed by atoms with van der Waals surface area (Å²) in [6, 6.07) is 0. The largest absolute Gasteiger partial charge is 0.349 e. The molecule has 0 atom stereocenters. The van der Waals surface area contributed by atoms with Crippen LogP contribution in [-0.4, -0.2) is 39.3 Å². The highest BCUT2D eigenvalue weighted by Crippen LogP contribution is 1.92. The van der Waals surface area contributed by atoms with Crippen molar-refractivity contribution in [3.8, 4) is 0 Å². The fourth-order valence-corrected chi connectivity index (χ4v) is 1.10. The molecular formula is C9H15N7O3. The molecule has 0 fully saturated rings. The molecule has 0 saturated carbocycles. The summed E-state index contributed by atoms with van der Waals surface area (Å²) in [5, 5.41) is 9.98. The standard InChI is InChI=1S/C9H15N7O3/c1-6(17)12-14-9(19)5-16-4-7(13-15-16)3-11-8(18)2-10/h4H,2-3,5,10H2,1H3,(H,11,18)(H,12,17)(H,14,19). The van der Waals surface area contributed by atoms with Crippen molar-refractivity contribution in [2.24, 2.45) is 5.73 Å². The summed E-state index contributed by atoms with van der Waals surface area (Å²) in [6.07, 6.45) is 1.50. The maximum absolute atomic E-state index is 11.3. The van der Waals surface area contributed by atoms with E-state index in [0.717, 1.165) is 0 Å². The number of hydrogen-bond acceptors (Lipinski definition) is 6. The van der Waals surface area contributed by atoms with Gasteiger partial charge in [-0.05, 0) is 0 Å². The van der Waals surface area contributed by atoms with Crippen molar-refractivity contribution in [3.63, 3.8) is 0 Å². The lowest BCUT2D eigenvalue weighted by Crippen LogP contribution is -2.42. The van der Waals surface area contributed by atoms with Gasteiger partial charge in [-0.25, -0.2) is 4.68 Å². The molecule has 0 radical (unpaired) electrons. The second kappa shape index (κ2) is 7.06. The van der Waals surface area contributed by atoms with Gasteiger partial charge in [0.05, 0.1) is 19.3 Å². The van der Waals surface area contributed by atoms with Gasteiger partial charge in [-0.2, -0.15) is 0 Å². The van der Waals surface area contributed by atoms with Crippen LogP contribution >= 0.6 is 0 Å². The first-order valence-electron chi connectivity index (χ1n) is 5.42. The van der Waals surface area contributed by atoms with Crippen LogP contribution in [0.3, 0.4) is 0 Å². The van der Waals surface area contributed by atoms with Crippen molar-refractivity contribution in [1.29, 1.82) is 0 Å². The normalized spacial score (nSPS) is 9.79. The average molecular weight is 269 g/mol. The Bertz CT molecular complexity index is 470. The maximum Gasteiger partial charge on any atom is 0.260 e. The smallest absolute Gasteiger partial charge is 0.260 e. The Morgan fingerprint density at radius 1 is 1.32 bits per heavy atom. The van der Waals surface area contributed by atoms with Crippen LogP contribution < -0.4 is 21.9 Å². The number of amides is 3. The molecule has 0 bridgehead atoms. The highest BCUT2D eigenvalue weighted by Gasteiger charge is 2.07. The van der Waals surface area contributed by atoms with E-state index in [-0.39, 0.29) is 31.4 Å². The first kappa shape index (κ1) is 14.6. The highest BCUT2D eigenvalue weighted by atomic mass is 16.2. The second-order valence-electron chi connectivity index (χ2n) is 3.62. The summed E-state index contributed by atoms with van der Waals surface area (Å²) in [5.41, 5.74) is 9.95. The second-order valence-corrected chi connectivity index (χ2v) is 3.62. The van der Waals surface area contributed by atoms with Crippen molar-refractivity contribution in [2.75, 3.05) is 6.54 Å². The summed E-state index contributed by atoms with van der Waals surface area (Å²) >= 11 is 0. The van der Waals surface area contributed by atoms with Crippen LogP contribution in [-0.2, 0) is 27.5 Å². The number of aromatic nitrogens is 3. The zero-order chi connectivity index (χ0) is 14.3. The molecule has 1 aromatic heterocycles. The summed E-state index contributed by atoms with van der Waals surface area (Å²) < 4.78 is 1.28. The van der Waals surface area contributed by atoms with Crippen LogP contribution in [0.4, 0.5) is 0 Å². The minimum absolute atomic E-state index is 0.0991. The van der Waals surface area contributed by atoms with Gasteiger partial charge in [-0.3, -0.25) is 25.2 Å². The third-order valence-electron chi connectivity index (χ3n) is 1.92. The monoisotopic (exact) mass is 269 g/mol. The van der Waals surface area contributed by atoms with E-state index in [9.17, 15) is 14.4 Å². The van der Waals surface area contributed by atoms with Crippen LogP contribution in [0, 0.1) is 0 Å². The minimum atomic E-state index is -0.447. The van der Waals surface area contributed by atoms with Crippen molar-refractivity contribution in [3.05, 3.63) is 11.9 Å². The molecule has 0 saturated heterocycles. The predicted molar refractivity (Wildman–Crippen MR) is 62.9 cm³/mol. The van der Waals surface area contributed by atoms with E-state index >= 15 is 0 Å². The molecule has 5 N–H and O–H groups in total. The van der Waals surface area contributed by atoms with Gasteiger partial charge in [-0.15, -0.1) is 5.10 Å². The number of carbonyl (C=O) groups excluding carboxylic acids is 3. The molecule has 19 heavy (non-hydrogen) atoms. The van der Waals surface area contributed by atoms with Gasteiger partial charge in [0.1, 0.15) is 12.2 Å². The van der Waals surface area contributed by atoms with Gasteiger partial charge in [0, 0.05) is 6.92 Å². The zero-order valence-corrected chi connectivity index (χ0v) is 10.3. The quantitative estimate of drug-likeness (QED) is 0.420. The third-order valence-corrected chi connectivity index (χ3v) is 1.92. The van der Waals surface area contributed by atoms with Crippen LogP contribution in [0.15, 0.2) is 6.20 Å². The Labute approximate surface area is 108 Å². The van der Waals surface area contributed by atoms with Gasteiger partial charge in [0.15, 0.2) is 0 Å². The van der Waals surface area contributed by atoms with Crippen LogP contribution in [0.1, 0.15) is 12.6 Å². The molecule has 10 heteroatoms. The van der Waals surface area contributed by atoms with Gasteiger partial charge in [0.2, 0.25) is 11.8 Å². The average Bonchev–Trinajstić information content (AvgIpc) is 2.81. The van der Waals surface area contributed by atoms with E-state index in [1.165, 1.54) is 17.8 Å². The van der Waals surface area contributed by atoms with Crippen molar-refractivity contribution >= 4 is 17.7 Å². The summed E-state index contributed by atoms with van der Waals surface area (Å²) in [7, 11) is 0. The molecule has 104 valence electrons. The van der Waals surface area contributed by atoms with Crippen molar-refractivity contribution < 1.29 is 14.4 Å². The van der Waals surface area contributed by atoms with E-state index in [0.29, 0.717) is 5.69 Å². The summed E-state index contributed by atoms with van der Waals surface area (Å²) in [5.74, 6) is -1.13. The Kier molecular flexibility index (Phi) is 5.41. The Morgan fingerprint density at radius 2 is 2.05 bits per heavy atom. The lowest BCUT2D eigenvalue weighted by Gasteiger charge is -2.03. The van der Waals surface area contributed by atoms with E-state index < -0.39 is 5.91 Å². The predicted octanol–water partition coefficient (Wildman–Crippen LogP) is -2.98. The molecule has 0 aromatic carbocycles. The Balaban J connectivity index is 2.39. The van der Waals surface area contributed by atoms with Crippen molar-refractivity contribution in [1.82, 2.24) is 31.2 Å². The SMILES string of the molecule is CC(=O)NNC(=O)Cn1cc(CNC(=O)CN)nn1. The molecular weight excluding hydrogens is 254 g/mol. The lowest BCUT2D eigenvalue weighted by molar-refractivity contribution is -0.128. The van der Waals surface area contributed by atoms with Crippen molar-refractivity contribution in [2.45, 2.75) is 20.0 Å². The summed E-state index contributed by atoms with van der Waals surface area (Å²) in [6.45, 7) is 1.25. The van der Waals surface area contributed by atoms with E-state index in [1.54, 1.807) is 0 Å². The number of hydrogen-bond donors (Lipinski definition) is 4. The number of nitrogens with zero attached hydrogens (tertiary/aromatic N) is 3. The topological polar surface area (TPSA) is 144 Å². The Hall–Kier alpha value is -2.49. The number of carbonyl (C=O) groups is 3. The molecule has 1 aromatic rings. The molecule has 0 aliphatic carbocycles. The molecule has 1 rings (SSSR count). The fraction of sp³-hybridized carbons (Fsp3) is 0.444.